The van der Waals surface area contributed by atoms with Crippen LogP contribution in [0.5, 0.6) is 0 Å². The molecule has 0 aliphatic heterocycles. The molecule has 0 bridgehead atoms. The molecule has 20 heavy (non-hydrogen) atoms. The summed E-state index contributed by atoms with van der Waals surface area (Å²) in [4.78, 5) is 23.2. The highest BCUT2D eigenvalue weighted by molar-refractivity contribution is 6.30. The average Bonchev–Trinajstić information content (AvgIpc) is 2.47. The van der Waals surface area contributed by atoms with Gasteiger partial charge in [0.2, 0.25) is 0 Å². The van der Waals surface area contributed by atoms with Crippen molar-refractivity contribution < 1.29 is 9.21 Å². The largest absolute Gasteiger partial charge is 0.455 e. The maximum Gasteiger partial charge on any atom is 0.193 e. The lowest BCUT2D eigenvalue weighted by molar-refractivity contribution is 0.112. The number of para-hydroxylation sites is 1. The highest BCUT2D eigenvalue weighted by atomic mass is 35.5. The molecule has 3 nitrogen and oxygen atoms in total. The highest BCUT2D eigenvalue weighted by Crippen LogP contribution is 2.24. The molecule has 0 unspecified atom stereocenters. The third-order valence-electron chi connectivity index (χ3n) is 3.04. The van der Waals surface area contributed by atoms with E-state index >= 15 is 0 Å². The summed E-state index contributed by atoms with van der Waals surface area (Å²) in [6.07, 6.45) is 0.677. The Labute approximate surface area is 119 Å². The van der Waals surface area contributed by atoms with E-state index in [1.54, 1.807) is 42.5 Å². The van der Waals surface area contributed by atoms with Crippen molar-refractivity contribution in [2.75, 3.05) is 0 Å². The van der Waals surface area contributed by atoms with Gasteiger partial charge in [0, 0.05) is 16.7 Å². The topological polar surface area (TPSA) is 47.3 Å². The van der Waals surface area contributed by atoms with Crippen molar-refractivity contribution in [3.8, 4) is 11.3 Å². The van der Waals surface area contributed by atoms with Crippen LogP contribution in [0.2, 0.25) is 5.02 Å². The van der Waals surface area contributed by atoms with Crippen LogP contribution in [0.25, 0.3) is 22.3 Å². The first-order valence-corrected chi connectivity index (χ1v) is 6.35. The summed E-state index contributed by atoms with van der Waals surface area (Å²) >= 11 is 5.83. The smallest absolute Gasteiger partial charge is 0.193 e. The van der Waals surface area contributed by atoms with Crippen molar-refractivity contribution in [2.45, 2.75) is 0 Å². The van der Waals surface area contributed by atoms with E-state index in [0.29, 0.717) is 33.6 Å². The van der Waals surface area contributed by atoms with E-state index in [4.69, 9.17) is 16.0 Å². The Hall–Kier alpha value is -2.39. The van der Waals surface area contributed by atoms with Crippen LogP contribution in [0.4, 0.5) is 0 Å². The van der Waals surface area contributed by atoms with E-state index in [9.17, 15) is 9.59 Å². The van der Waals surface area contributed by atoms with Gasteiger partial charge in [0.15, 0.2) is 11.7 Å². The molecule has 0 atom stereocenters. The first-order valence-electron chi connectivity index (χ1n) is 5.97. The number of carbonyl (C=O) groups excluding carboxylic acids is 1. The molecule has 1 aromatic heterocycles. The second kappa shape index (κ2) is 4.94. The summed E-state index contributed by atoms with van der Waals surface area (Å²) in [5, 5.41) is 0.998. The number of benzene rings is 2. The van der Waals surface area contributed by atoms with E-state index in [1.807, 2.05) is 0 Å². The van der Waals surface area contributed by atoms with Gasteiger partial charge in [-0.1, -0.05) is 17.7 Å². The van der Waals surface area contributed by atoms with Gasteiger partial charge in [-0.05, 0) is 36.4 Å². The number of rotatable bonds is 2. The summed E-state index contributed by atoms with van der Waals surface area (Å²) < 4.78 is 5.72. The minimum atomic E-state index is -0.181. The Balaban J connectivity index is 2.30. The van der Waals surface area contributed by atoms with E-state index in [0.717, 1.165) is 5.56 Å². The monoisotopic (exact) mass is 284 g/mol. The van der Waals surface area contributed by atoms with Gasteiger partial charge in [-0.3, -0.25) is 9.59 Å². The Kier molecular flexibility index (Phi) is 3.12. The molecule has 0 N–H and O–H groups in total. The number of halogens is 1. The van der Waals surface area contributed by atoms with Crippen molar-refractivity contribution in [1.82, 2.24) is 0 Å². The van der Waals surface area contributed by atoms with Gasteiger partial charge in [0.25, 0.3) is 0 Å². The second-order valence-electron chi connectivity index (χ2n) is 4.32. The summed E-state index contributed by atoms with van der Waals surface area (Å²) in [7, 11) is 0. The number of hydrogen-bond acceptors (Lipinski definition) is 3. The van der Waals surface area contributed by atoms with Gasteiger partial charge in [-0.15, -0.1) is 0 Å². The van der Waals surface area contributed by atoms with Crippen LogP contribution in [0.15, 0.2) is 57.7 Å². The van der Waals surface area contributed by atoms with Gasteiger partial charge in [-0.25, -0.2) is 0 Å². The quantitative estimate of drug-likeness (QED) is 0.670. The van der Waals surface area contributed by atoms with Gasteiger partial charge < -0.3 is 4.42 Å². The standard InChI is InChI=1S/C16H9ClO3/c17-12-6-4-10(5-7-12)15-8-14(19)13-3-1-2-11(9-18)16(13)20-15/h1-9H. The van der Waals surface area contributed by atoms with Crippen LogP contribution >= 0.6 is 11.6 Å². The van der Waals surface area contributed by atoms with Gasteiger partial charge in [0.1, 0.15) is 11.3 Å². The number of carbonyl (C=O) groups is 1. The molecule has 0 amide bonds. The minimum Gasteiger partial charge on any atom is -0.455 e. The maximum absolute atomic E-state index is 12.1. The fourth-order valence-corrected chi connectivity index (χ4v) is 2.17. The predicted octanol–water partition coefficient (Wildman–Crippen LogP) is 3.93. The lowest BCUT2D eigenvalue weighted by Gasteiger charge is -2.04. The molecule has 3 aromatic rings. The highest BCUT2D eigenvalue weighted by Gasteiger charge is 2.09. The molecule has 0 fully saturated rings. The molecule has 4 heteroatoms. The van der Waals surface area contributed by atoms with Crippen LogP contribution in [-0.4, -0.2) is 6.29 Å². The second-order valence-corrected chi connectivity index (χ2v) is 4.76. The number of hydrogen-bond donors (Lipinski definition) is 0. The van der Waals surface area contributed by atoms with Crippen LogP contribution in [-0.2, 0) is 0 Å². The molecule has 2 aromatic carbocycles. The fraction of sp³-hybridized carbons (Fsp3) is 0. The zero-order chi connectivity index (χ0) is 14.1. The van der Waals surface area contributed by atoms with Crippen LogP contribution in [0, 0.1) is 0 Å². The molecule has 0 saturated carbocycles. The SMILES string of the molecule is O=Cc1cccc2c(=O)cc(-c3ccc(Cl)cc3)oc12. The lowest BCUT2D eigenvalue weighted by atomic mass is 10.1. The molecular weight excluding hydrogens is 276 g/mol. The Morgan fingerprint density at radius 1 is 1.05 bits per heavy atom. The van der Waals surface area contributed by atoms with E-state index in [1.165, 1.54) is 6.07 Å². The maximum atomic E-state index is 12.1. The molecule has 0 aliphatic rings. The number of aldehydes is 1. The molecule has 0 aliphatic carbocycles. The van der Waals surface area contributed by atoms with E-state index < -0.39 is 0 Å². The third-order valence-corrected chi connectivity index (χ3v) is 3.29. The summed E-state index contributed by atoms with van der Waals surface area (Å²) in [5.74, 6) is 0.411. The Bertz CT molecular complexity index is 848. The first kappa shape index (κ1) is 12.6. The Morgan fingerprint density at radius 3 is 2.50 bits per heavy atom. The molecular formula is C16H9ClO3. The minimum absolute atomic E-state index is 0.181. The summed E-state index contributed by atoms with van der Waals surface area (Å²) in [6.45, 7) is 0. The normalized spacial score (nSPS) is 10.7. The van der Waals surface area contributed by atoms with Gasteiger partial charge in [-0.2, -0.15) is 0 Å². The van der Waals surface area contributed by atoms with Gasteiger partial charge in [0.05, 0.1) is 10.9 Å². The fourth-order valence-electron chi connectivity index (χ4n) is 2.05. The van der Waals surface area contributed by atoms with Crippen LogP contribution < -0.4 is 5.43 Å². The summed E-state index contributed by atoms with van der Waals surface area (Å²) in [5.41, 5.74) is 1.21. The predicted molar refractivity (Wildman–Crippen MR) is 78.3 cm³/mol. The van der Waals surface area contributed by atoms with Gasteiger partial charge >= 0.3 is 0 Å². The van der Waals surface area contributed by atoms with Crippen molar-refractivity contribution >= 4 is 28.9 Å². The first-order chi connectivity index (χ1) is 9.69. The molecule has 98 valence electrons. The zero-order valence-electron chi connectivity index (χ0n) is 10.3. The Morgan fingerprint density at radius 2 is 1.80 bits per heavy atom. The summed E-state index contributed by atoms with van der Waals surface area (Å²) in [6, 6.07) is 13.3. The lowest BCUT2D eigenvalue weighted by Crippen LogP contribution is -2.01. The average molecular weight is 285 g/mol. The van der Waals surface area contributed by atoms with Crippen molar-refractivity contribution in [3.63, 3.8) is 0 Å². The van der Waals surface area contributed by atoms with Crippen LogP contribution in [0.3, 0.4) is 0 Å². The van der Waals surface area contributed by atoms with Crippen LogP contribution in [0.1, 0.15) is 10.4 Å². The molecule has 3 rings (SSSR count). The molecule has 0 spiro atoms. The van der Waals surface area contributed by atoms with Crippen molar-refractivity contribution in [1.29, 1.82) is 0 Å². The van der Waals surface area contributed by atoms with E-state index in [2.05, 4.69) is 0 Å². The van der Waals surface area contributed by atoms with Crippen molar-refractivity contribution in [2.24, 2.45) is 0 Å². The molecule has 1 heterocycles. The van der Waals surface area contributed by atoms with Crippen molar-refractivity contribution in [3.05, 3.63) is 69.3 Å². The zero-order valence-corrected chi connectivity index (χ0v) is 11.1. The molecule has 0 radical (unpaired) electrons. The third kappa shape index (κ3) is 2.12. The number of fused-ring (bicyclic) bond motifs is 1. The van der Waals surface area contributed by atoms with E-state index in [-0.39, 0.29) is 5.43 Å². The molecule has 0 saturated heterocycles.